The zero-order valence-corrected chi connectivity index (χ0v) is 19.0. The molecule has 1 saturated heterocycles. The first kappa shape index (κ1) is 22.1. The van der Waals surface area contributed by atoms with Crippen molar-refractivity contribution in [3.63, 3.8) is 0 Å². The van der Waals surface area contributed by atoms with Crippen LogP contribution in [0.1, 0.15) is 57.4 Å². The van der Waals surface area contributed by atoms with E-state index in [2.05, 4.69) is 10.6 Å². The van der Waals surface area contributed by atoms with Crippen molar-refractivity contribution in [2.24, 2.45) is 5.92 Å². The van der Waals surface area contributed by atoms with Gasteiger partial charge in [-0.3, -0.25) is 9.59 Å². The van der Waals surface area contributed by atoms with Crippen molar-refractivity contribution in [2.45, 2.75) is 75.8 Å². The summed E-state index contributed by atoms with van der Waals surface area (Å²) in [4.78, 5) is 24.9. The molecule has 2 N–H and O–H groups in total. The van der Waals surface area contributed by atoms with Gasteiger partial charge in [0.2, 0.25) is 15.9 Å². The van der Waals surface area contributed by atoms with Crippen molar-refractivity contribution in [3.8, 4) is 5.75 Å². The van der Waals surface area contributed by atoms with Crippen molar-refractivity contribution in [1.82, 2.24) is 9.62 Å². The van der Waals surface area contributed by atoms with Gasteiger partial charge in [-0.15, -0.1) is 0 Å². The van der Waals surface area contributed by atoms with E-state index in [1.54, 1.807) is 13.0 Å². The van der Waals surface area contributed by atoms with Crippen LogP contribution in [0.3, 0.4) is 0 Å². The van der Waals surface area contributed by atoms with Crippen LogP contribution in [0.4, 0.5) is 5.69 Å². The van der Waals surface area contributed by atoms with Crippen LogP contribution < -0.4 is 15.4 Å². The number of carbonyl (C=O) groups excluding carboxylic acids is 2. The average molecular weight is 450 g/mol. The lowest BCUT2D eigenvalue weighted by Crippen LogP contribution is -2.47. The van der Waals surface area contributed by atoms with Gasteiger partial charge in [-0.25, -0.2) is 8.42 Å². The number of anilines is 1. The number of nitrogens with one attached hydrogen (secondary N) is 2. The maximum absolute atomic E-state index is 13.5. The van der Waals surface area contributed by atoms with Crippen molar-refractivity contribution < 1.29 is 22.7 Å². The third-order valence-electron chi connectivity index (χ3n) is 6.54. The van der Waals surface area contributed by atoms with Gasteiger partial charge < -0.3 is 15.4 Å². The maximum atomic E-state index is 13.5. The van der Waals surface area contributed by atoms with E-state index in [9.17, 15) is 18.0 Å². The quantitative estimate of drug-likeness (QED) is 0.719. The zero-order valence-electron chi connectivity index (χ0n) is 18.1. The Morgan fingerprint density at radius 2 is 1.97 bits per heavy atom. The number of hydrogen-bond donors (Lipinski definition) is 2. The summed E-state index contributed by atoms with van der Waals surface area (Å²) < 4.78 is 34.1. The summed E-state index contributed by atoms with van der Waals surface area (Å²) in [6.45, 7) is 4.12. The molecule has 170 valence electrons. The molecule has 0 spiro atoms. The summed E-state index contributed by atoms with van der Waals surface area (Å²) >= 11 is 0. The van der Waals surface area contributed by atoms with Crippen molar-refractivity contribution in [3.05, 3.63) is 17.7 Å². The van der Waals surface area contributed by atoms with Crippen LogP contribution in [0.5, 0.6) is 5.75 Å². The maximum Gasteiger partial charge on any atom is 0.265 e. The first-order chi connectivity index (χ1) is 14.8. The van der Waals surface area contributed by atoms with Gasteiger partial charge in [0, 0.05) is 25.2 Å². The normalized spacial score (nSPS) is 24.9. The van der Waals surface area contributed by atoms with Gasteiger partial charge in [0.25, 0.3) is 5.91 Å². The molecule has 3 aliphatic rings. The molecule has 2 fully saturated rings. The van der Waals surface area contributed by atoms with Crippen LogP contribution in [0.25, 0.3) is 0 Å². The Bertz CT molecular complexity index is 972. The third-order valence-corrected chi connectivity index (χ3v) is 8.55. The van der Waals surface area contributed by atoms with Crippen LogP contribution in [0, 0.1) is 12.8 Å². The van der Waals surface area contributed by atoms with Crippen LogP contribution >= 0.6 is 0 Å². The Kier molecular flexibility index (Phi) is 6.25. The van der Waals surface area contributed by atoms with Gasteiger partial charge in [-0.2, -0.15) is 4.31 Å². The summed E-state index contributed by atoms with van der Waals surface area (Å²) in [5, 5.41) is 5.90. The van der Waals surface area contributed by atoms with E-state index in [1.165, 1.54) is 10.4 Å². The molecule has 0 bridgehead atoms. The molecule has 1 aliphatic carbocycles. The predicted octanol–water partition coefficient (Wildman–Crippen LogP) is 2.56. The van der Waals surface area contributed by atoms with Crippen molar-refractivity contribution in [2.75, 3.05) is 18.4 Å². The monoisotopic (exact) mass is 449 g/mol. The van der Waals surface area contributed by atoms with E-state index in [4.69, 9.17) is 4.74 Å². The average Bonchev–Trinajstić information content (AvgIpc) is 3.26. The molecular weight excluding hydrogens is 418 g/mol. The predicted molar refractivity (Wildman–Crippen MR) is 116 cm³/mol. The smallest absolute Gasteiger partial charge is 0.265 e. The second kappa shape index (κ2) is 8.78. The zero-order chi connectivity index (χ0) is 22.2. The first-order valence-electron chi connectivity index (χ1n) is 11.2. The Labute approximate surface area is 183 Å². The lowest BCUT2D eigenvalue weighted by atomic mass is 9.98. The molecule has 0 unspecified atom stereocenters. The highest BCUT2D eigenvalue weighted by Crippen LogP contribution is 2.36. The highest BCUT2D eigenvalue weighted by molar-refractivity contribution is 7.89. The molecule has 8 nitrogen and oxygen atoms in total. The molecule has 2 heterocycles. The fourth-order valence-corrected chi connectivity index (χ4v) is 6.48. The molecule has 0 radical (unpaired) electrons. The van der Waals surface area contributed by atoms with Crippen LogP contribution in [0.15, 0.2) is 17.0 Å². The molecule has 2 atom stereocenters. The lowest BCUT2D eigenvalue weighted by Gasteiger charge is -2.33. The lowest BCUT2D eigenvalue weighted by molar-refractivity contribution is -0.126. The molecule has 2 amide bonds. The number of ether oxygens (including phenoxy) is 1. The SMILES string of the molecule is CC[C@@H]1Oc2cc(S(=O)(=O)N3CCC[C@@H](C(=O)NC4CCCC4)C3)c(C)cc2NC1=O. The van der Waals surface area contributed by atoms with E-state index in [-0.39, 0.29) is 35.2 Å². The van der Waals surface area contributed by atoms with E-state index >= 15 is 0 Å². The van der Waals surface area contributed by atoms with Crippen LogP contribution in [-0.4, -0.2) is 49.8 Å². The highest BCUT2D eigenvalue weighted by atomic mass is 32.2. The molecule has 1 aromatic rings. The van der Waals surface area contributed by atoms with Gasteiger partial charge in [-0.05, 0) is 50.7 Å². The number of sulfonamides is 1. The number of fused-ring (bicyclic) bond motifs is 1. The Hall–Kier alpha value is -2.13. The molecule has 0 aromatic heterocycles. The van der Waals surface area contributed by atoms with Gasteiger partial charge in [0.05, 0.1) is 16.5 Å². The molecule has 4 rings (SSSR count). The van der Waals surface area contributed by atoms with Gasteiger partial charge in [-0.1, -0.05) is 19.8 Å². The molecule has 1 aromatic carbocycles. The van der Waals surface area contributed by atoms with Crippen molar-refractivity contribution in [1.29, 1.82) is 0 Å². The van der Waals surface area contributed by atoms with Crippen molar-refractivity contribution >= 4 is 27.5 Å². The second-order valence-electron chi connectivity index (χ2n) is 8.81. The third kappa shape index (κ3) is 4.43. The molecular formula is C22H31N3O5S. The van der Waals surface area contributed by atoms with E-state index in [0.29, 0.717) is 42.8 Å². The minimum Gasteiger partial charge on any atom is -0.478 e. The summed E-state index contributed by atoms with van der Waals surface area (Å²) in [7, 11) is -3.80. The molecule has 9 heteroatoms. The summed E-state index contributed by atoms with van der Waals surface area (Å²) in [5.41, 5.74) is 1.02. The molecule has 2 aliphatic heterocycles. The number of carbonyl (C=O) groups is 2. The molecule has 31 heavy (non-hydrogen) atoms. The second-order valence-corrected chi connectivity index (χ2v) is 10.7. The summed E-state index contributed by atoms with van der Waals surface area (Å²) in [5.74, 6) is -0.229. The number of rotatable bonds is 5. The topological polar surface area (TPSA) is 105 Å². The van der Waals surface area contributed by atoms with E-state index < -0.39 is 16.1 Å². The standard InChI is InChI=1S/C22H31N3O5S/c1-3-18-22(27)24-17-11-14(2)20(12-19(17)30-18)31(28,29)25-10-6-7-15(13-25)21(26)23-16-8-4-5-9-16/h11-12,15-16,18H,3-10,13H2,1-2H3,(H,23,26)(H,24,27)/t15-,18+/m1/s1. The Morgan fingerprint density at radius 3 is 2.68 bits per heavy atom. The van der Waals surface area contributed by atoms with E-state index in [1.807, 2.05) is 6.92 Å². The Morgan fingerprint density at radius 1 is 1.23 bits per heavy atom. The highest BCUT2D eigenvalue weighted by Gasteiger charge is 2.36. The van der Waals surface area contributed by atoms with Gasteiger partial charge in [0.1, 0.15) is 5.75 Å². The van der Waals surface area contributed by atoms with Crippen LogP contribution in [0.2, 0.25) is 0 Å². The molecule has 1 saturated carbocycles. The fraction of sp³-hybridized carbons (Fsp3) is 0.636. The van der Waals surface area contributed by atoms with Gasteiger partial charge >= 0.3 is 0 Å². The summed E-state index contributed by atoms with van der Waals surface area (Å²) in [6.07, 6.45) is 5.48. The Balaban J connectivity index is 1.53. The van der Waals surface area contributed by atoms with Crippen LogP contribution in [-0.2, 0) is 19.6 Å². The van der Waals surface area contributed by atoms with E-state index in [0.717, 1.165) is 25.7 Å². The summed E-state index contributed by atoms with van der Waals surface area (Å²) in [6, 6.07) is 3.37. The first-order valence-corrected chi connectivity index (χ1v) is 12.7. The van der Waals surface area contributed by atoms with Gasteiger partial charge in [0.15, 0.2) is 6.10 Å². The minimum atomic E-state index is -3.80. The largest absolute Gasteiger partial charge is 0.478 e. The minimum absolute atomic E-state index is 0.0363. The number of piperidine rings is 1. The fourth-order valence-electron chi connectivity index (χ4n) is 4.73. The number of nitrogens with zero attached hydrogens (tertiary/aromatic N) is 1. The number of amides is 2. The number of hydrogen-bond acceptors (Lipinski definition) is 5. The number of aryl methyl sites for hydroxylation is 1. The number of benzene rings is 1.